The number of carbonyl (C=O) groups excluding carboxylic acids is 1. The zero-order valence-electron chi connectivity index (χ0n) is 7.08. The molecule has 0 radical (unpaired) electrons. The summed E-state index contributed by atoms with van der Waals surface area (Å²) in [6, 6.07) is 3.61. The number of hydrogen-bond acceptors (Lipinski definition) is 3. The van der Waals surface area contributed by atoms with E-state index in [0.29, 0.717) is 0 Å². The molecule has 1 heterocycles. The normalized spacial score (nSPS) is 9.75. The molecule has 0 atom stereocenters. The van der Waals surface area contributed by atoms with Crippen molar-refractivity contribution in [2.45, 2.75) is 19.8 Å². The predicted molar refractivity (Wildman–Crippen MR) is 50.1 cm³/mol. The van der Waals surface area contributed by atoms with Crippen LogP contribution in [0.5, 0.6) is 5.06 Å². The Morgan fingerprint density at radius 2 is 2.42 bits per heavy atom. The fourth-order valence-corrected chi connectivity index (χ4v) is 1.49. The minimum atomic E-state index is 0.724. The first kappa shape index (κ1) is 9.26. The van der Waals surface area contributed by atoms with Crippen molar-refractivity contribution in [2.75, 3.05) is 6.61 Å². The van der Waals surface area contributed by atoms with E-state index in [-0.39, 0.29) is 0 Å². The predicted octanol–water partition coefficient (Wildman–Crippen LogP) is 2.74. The van der Waals surface area contributed by atoms with Gasteiger partial charge in [0.15, 0.2) is 11.3 Å². The molecule has 1 rings (SSSR count). The molecule has 0 aliphatic heterocycles. The second-order valence-electron chi connectivity index (χ2n) is 2.48. The van der Waals surface area contributed by atoms with E-state index in [1.807, 2.05) is 6.07 Å². The highest BCUT2D eigenvalue weighted by molar-refractivity contribution is 7.15. The molecule has 2 nitrogen and oxygen atoms in total. The van der Waals surface area contributed by atoms with Gasteiger partial charge in [-0.25, -0.2) is 0 Å². The molecule has 0 aliphatic carbocycles. The van der Waals surface area contributed by atoms with Gasteiger partial charge in [0, 0.05) is 0 Å². The van der Waals surface area contributed by atoms with Crippen molar-refractivity contribution >= 4 is 17.6 Å². The molecule has 0 aliphatic rings. The average Bonchev–Trinajstić information content (AvgIpc) is 2.53. The van der Waals surface area contributed by atoms with Crippen LogP contribution in [0.25, 0.3) is 0 Å². The summed E-state index contributed by atoms with van der Waals surface area (Å²) in [4.78, 5) is 11.0. The molecule has 0 saturated heterocycles. The maximum atomic E-state index is 10.3. The third kappa shape index (κ3) is 2.66. The summed E-state index contributed by atoms with van der Waals surface area (Å²) in [5.74, 6) is 0. The van der Waals surface area contributed by atoms with Crippen molar-refractivity contribution in [3.8, 4) is 5.06 Å². The maximum Gasteiger partial charge on any atom is 0.174 e. The van der Waals surface area contributed by atoms with E-state index in [9.17, 15) is 4.79 Å². The highest BCUT2D eigenvalue weighted by Crippen LogP contribution is 2.22. The quantitative estimate of drug-likeness (QED) is 0.519. The van der Waals surface area contributed by atoms with Gasteiger partial charge in [-0.2, -0.15) is 0 Å². The number of thiophene rings is 1. The molecule has 0 aromatic carbocycles. The number of aldehydes is 1. The van der Waals surface area contributed by atoms with Crippen LogP contribution in [-0.2, 0) is 0 Å². The molecule has 0 bridgehead atoms. The van der Waals surface area contributed by atoms with Crippen molar-refractivity contribution < 1.29 is 9.53 Å². The van der Waals surface area contributed by atoms with Crippen LogP contribution in [0.3, 0.4) is 0 Å². The van der Waals surface area contributed by atoms with E-state index in [0.717, 1.165) is 35.7 Å². The van der Waals surface area contributed by atoms with Crippen molar-refractivity contribution in [2.24, 2.45) is 0 Å². The minimum Gasteiger partial charge on any atom is -0.484 e. The van der Waals surface area contributed by atoms with E-state index in [2.05, 4.69) is 6.92 Å². The van der Waals surface area contributed by atoms with Crippen LogP contribution < -0.4 is 4.74 Å². The lowest BCUT2D eigenvalue weighted by atomic mass is 10.4. The first-order chi connectivity index (χ1) is 5.86. The second kappa shape index (κ2) is 4.93. The highest BCUT2D eigenvalue weighted by atomic mass is 32.1. The molecule has 0 unspecified atom stereocenters. The van der Waals surface area contributed by atoms with Gasteiger partial charge < -0.3 is 4.74 Å². The van der Waals surface area contributed by atoms with Crippen molar-refractivity contribution in [3.05, 3.63) is 17.0 Å². The number of rotatable bonds is 5. The summed E-state index contributed by atoms with van der Waals surface area (Å²) in [7, 11) is 0. The molecule has 1 aromatic rings. The van der Waals surface area contributed by atoms with Gasteiger partial charge in [0.25, 0.3) is 0 Å². The van der Waals surface area contributed by atoms with Crippen LogP contribution in [-0.4, -0.2) is 12.9 Å². The zero-order chi connectivity index (χ0) is 8.81. The Kier molecular flexibility index (Phi) is 3.80. The number of carbonyl (C=O) groups is 1. The van der Waals surface area contributed by atoms with E-state index in [1.54, 1.807) is 6.07 Å². The van der Waals surface area contributed by atoms with Crippen LogP contribution in [0.15, 0.2) is 12.1 Å². The molecule has 0 spiro atoms. The summed E-state index contributed by atoms with van der Waals surface area (Å²) in [6.07, 6.45) is 3.04. The van der Waals surface area contributed by atoms with Crippen LogP contribution in [0.1, 0.15) is 29.4 Å². The molecule has 3 heteroatoms. The SMILES string of the molecule is CCCCOc1ccc(C=O)s1. The van der Waals surface area contributed by atoms with Gasteiger partial charge in [-0.3, -0.25) is 4.79 Å². The fourth-order valence-electron chi connectivity index (χ4n) is 0.792. The lowest BCUT2D eigenvalue weighted by Gasteiger charge is -1.99. The number of hydrogen-bond donors (Lipinski definition) is 0. The Bertz CT molecular complexity index is 242. The molecular weight excluding hydrogens is 172 g/mol. The summed E-state index contributed by atoms with van der Waals surface area (Å²) in [5.41, 5.74) is 0. The van der Waals surface area contributed by atoms with E-state index < -0.39 is 0 Å². The molecule has 66 valence electrons. The molecule has 0 fully saturated rings. The van der Waals surface area contributed by atoms with Crippen molar-refractivity contribution in [1.82, 2.24) is 0 Å². The monoisotopic (exact) mass is 184 g/mol. The standard InChI is InChI=1S/C9H12O2S/c1-2-3-6-11-9-5-4-8(7-10)12-9/h4-5,7H,2-3,6H2,1H3. The average molecular weight is 184 g/mol. The summed E-state index contributed by atoms with van der Waals surface area (Å²) in [6.45, 7) is 2.87. The van der Waals surface area contributed by atoms with Crippen molar-refractivity contribution in [1.29, 1.82) is 0 Å². The van der Waals surface area contributed by atoms with Gasteiger partial charge in [0.05, 0.1) is 11.5 Å². The largest absolute Gasteiger partial charge is 0.484 e. The summed E-state index contributed by atoms with van der Waals surface area (Å²) in [5, 5.41) is 0.838. The summed E-state index contributed by atoms with van der Waals surface area (Å²) < 4.78 is 5.39. The van der Waals surface area contributed by atoms with Crippen LogP contribution in [0, 0.1) is 0 Å². The first-order valence-electron chi connectivity index (χ1n) is 4.04. The van der Waals surface area contributed by atoms with E-state index in [1.165, 1.54) is 11.3 Å². The molecule has 12 heavy (non-hydrogen) atoms. The topological polar surface area (TPSA) is 26.3 Å². The van der Waals surface area contributed by atoms with E-state index >= 15 is 0 Å². The molecule has 0 amide bonds. The lowest BCUT2D eigenvalue weighted by Crippen LogP contribution is -1.93. The third-order valence-electron chi connectivity index (χ3n) is 1.46. The van der Waals surface area contributed by atoms with E-state index in [4.69, 9.17) is 4.74 Å². The minimum absolute atomic E-state index is 0.724. The lowest BCUT2D eigenvalue weighted by molar-refractivity contribution is 0.112. The van der Waals surface area contributed by atoms with Gasteiger partial charge in [-0.15, -0.1) is 0 Å². The Hall–Kier alpha value is -0.830. The molecular formula is C9H12O2S. The summed E-state index contributed by atoms with van der Waals surface area (Å²) >= 11 is 1.39. The zero-order valence-corrected chi connectivity index (χ0v) is 7.89. The van der Waals surface area contributed by atoms with Crippen LogP contribution in [0.4, 0.5) is 0 Å². The Balaban J connectivity index is 2.36. The van der Waals surface area contributed by atoms with Crippen molar-refractivity contribution in [3.63, 3.8) is 0 Å². The molecule has 0 N–H and O–H groups in total. The third-order valence-corrected chi connectivity index (χ3v) is 2.38. The smallest absolute Gasteiger partial charge is 0.174 e. The van der Waals surface area contributed by atoms with Gasteiger partial charge >= 0.3 is 0 Å². The first-order valence-corrected chi connectivity index (χ1v) is 4.86. The van der Waals surface area contributed by atoms with Gasteiger partial charge in [0.1, 0.15) is 0 Å². The Morgan fingerprint density at radius 3 is 3.00 bits per heavy atom. The highest BCUT2D eigenvalue weighted by Gasteiger charge is 1.98. The second-order valence-corrected chi connectivity index (χ2v) is 3.55. The Morgan fingerprint density at radius 1 is 1.58 bits per heavy atom. The van der Waals surface area contributed by atoms with Gasteiger partial charge in [-0.1, -0.05) is 24.7 Å². The molecule has 0 saturated carbocycles. The van der Waals surface area contributed by atoms with Crippen LogP contribution in [0.2, 0.25) is 0 Å². The molecule has 1 aromatic heterocycles. The van der Waals surface area contributed by atoms with Crippen LogP contribution >= 0.6 is 11.3 Å². The maximum absolute atomic E-state index is 10.3. The van der Waals surface area contributed by atoms with Gasteiger partial charge in [0.2, 0.25) is 0 Å². The number of ether oxygens (including phenoxy) is 1. The fraction of sp³-hybridized carbons (Fsp3) is 0.444. The number of unbranched alkanes of at least 4 members (excludes halogenated alkanes) is 1. The Labute approximate surface area is 76.2 Å². The van der Waals surface area contributed by atoms with Gasteiger partial charge in [-0.05, 0) is 18.6 Å².